The van der Waals surface area contributed by atoms with Crippen molar-refractivity contribution in [3.63, 3.8) is 0 Å². The third-order valence-corrected chi connectivity index (χ3v) is 4.25. The molecule has 3 aromatic rings. The molecule has 0 atom stereocenters. The van der Waals surface area contributed by atoms with Gasteiger partial charge in [0.2, 0.25) is 0 Å². The van der Waals surface area contributed by atoms with Crippen LogP contribution in [0.15, 0.2) is 64.5 Å². The van der Waals surface area contributed by atoms with Crippen LogP contribution in [-0.2, 0) is 6.54 Å². The summed E-state index contributed by atoms with van der Waals surface area (Å²) in [5.41, 5.74) is 7.74. The first-order valence-electron chi connectivity index (χ1n) is 6.28. The number of benzene rings is 2. The zero-order valence-corrected chi connectivity index (χ0v) is 11.5. The molecule has 0 aliphatic heterocycles. The second-order valence-corrected chi connectivity index (χ2v) is 5.47. The Labute approximate surface area is 120 Å². The molecule has 0 unspecified atom stereocenters. The zero-order valence-electron chi connectivity index (χ0n) is 10.7. The predicted octanol–water partition coefficient (Wildman–Crippen LogP) is 3.98. The summed E-state index contributed by atoms with van der Waals surface area (Å²) >= 11 is 1.59. The van der Waals surface area contributed by atoms with Crippen LogP contribution in [-0.4, -0.2) is 4.98 Å². The van der Waals surface area contributed by atoms with Crippen molar-refractivity contribution in [2.45, 2.75) is 16.3 Å². The van der Waals surface area contributed by atoms with Crippen LogP contribution < -0.4 is 5.73 Å². The van der Waals surface area contributed by atoms with Crippen molar-refractivity contribution in [2.24, 2.45) is 5.73 Å². The molecule has 0 amide bonds. The molecule has 20 heavy (non-hydrogen) atoms. The molecule has 0 aliphatic rings. The quantitative estimate of drug-likeness (QED) is 0.790. The summed E-state index contributed by atoms with van der Waals surface area (Å²) < 4.78 is 13.0. The average Bonchev–Trinajstić information content (AvgIpc) is 2.50. The Morgan fingerprint density at radius 3 is 2.55 bits per heavy atom. The van der Waals surface area contributed by atoms with Crippen molar-refractivity contribution in [3.8, 4) is 0 Å². The van der Waals surface area contributed by atoms with E-state index in [4.69, 9.17) is 5.73 Å². The Kier molecular flexibility index (Phi) is 3.67. The molecule has 0 saturated carbocycles. The Bertz CT molecular complexity index is 741. The summed E-state index contributed by atoms with van der Waals surface area (Å²) in [5, 5.41) is 1.07. The molecule has 0 aliphatic carbocycles. The molecule has 4 heteroatoms. The molecular formula is C16H13FN2S. The minimum Gasteiger partial charge on any atom is -0.326 e. The Balaban J connectivity index is 2.11. The van der Waals surface area contributed by atoms with Gasteiger partial charge in [-0.1, -0.05) is 30.0 Å². The van der Waals surface area contributed by atoms with E-state index in [0.29, 0.717) is 6.54 Å². The first-order chi connectivity index (χ1) is 9.78. The van der Waals surface area contributed by atoms with Gasteiger partial charge in [-0.15, -0.1) is 0 Å². The third kappa shape index (κ3) is 2.53. The summed E-state index contributed by atoms with van der Waals surface area (Å²) in [6, 6.07) is 14.4. The van der Waals surface area contributed by atoms with Crippen LogP contribution in [0.25, 0.3) is 10.9 Å². The van der Waals surface area contributed by atoms with Gasteiger partial charge in [0.05, 0.1) is 5.52 Å². The molecule has 0 radical (unpaired) electrons. The van der Waals surface area contributed by atoms with E-state index in [1.807, 2.05) is 30.5 Å². The van der Waals surface area contributed by atoms with Crippen molar-refractivity contribution in [1.29, 1.82) is 0 Å². The van der Waals surface area contributed by atoms with E-state index >= 15 is 0 Å². The molecule has 0 bridgehead atoms. The van der Waals surface area contributed by atoms with Crippen molar-refractivity contribution in [1.82, 2.24) is 4.98 Å². The van der Waals surface area contributed by atoms with Crippen LogP contribution in [0.3, 0.4) is 0 Å². The van der Waals surface area contributed by atoms with Crippen LogP contribution >= 0.6 is 11.8 Å². The van der Waals surface area contributed by atoms with Gasteiger partial charge in [0.25, 0.3) is 0 Å². The number of hydrogen-bond acceptors (Lipinski definition) is 3. The van der Waals surface area contributed by atoms with Gasteiger partial charge in [-0.3, -0.25) is 4.98 Å². The van der Waals surface area contributed by atoms with Crippen LogP contribution in [0.1, 0.15) is 5.56 Å². The molecule has 0 spiro atoms. The average molecular weight is 284 g/mol. The van der Waals surface area contributed by atoms with Crippen LogP contribution in [0.4, 0.5) is 4.39 Å². The predicted molar refractivity (Wildman–Crippen MR) is 80.2 cm³/mol. The van der Waals surface area contributed by atoms with Crippen LogP contribution in [0.5, 0.6) is 0 Å². The molecule has 1 aromatic heterocycles. The highest BCUT2D eigenvalue weighted by Crippen LogP contribution is 2.35. The SMILES string of the molecule is NCc1cnc2ccccc2c1Sc1ccc(F)cc1. The van der Waals surface area contributed by atoms with Gasteiger partial charge in [0, 0.05) is 27.9 Å². The third-order valence-electron chi connectivity index (χ3n) is 3.05. The number of pyridine rings is 1. The first-order valence-corrected chi connectivity index (χ1v) is 7.09. The van der Waals surface area contributed by atoms with Gasteiger partial charge < -0.3 is 5.73 Å². The van der Waals surface area contributed by atoms with E-state index in [2.05, 4.69) is 4.98 Å². The molecule has 100 valence electrons. The normalized spacial score (nSPS) is 10.9. The summed E-state index contributed by atoms with van der Waals surface area (Å²) in [5.74, 6) is -0.229. The van der Waals surface area contributed by atoms with E-state index in [0.717, 1.165) is 26.3 Å². The number of para-hydroxylation sites is 1. The molecule has 1 heterocycles. The summed E-state index contributed by atoms with van der Waals surface area (Å²) in [4.78, 5) is 6.49. The lowest BCUT2D eigenvalue weighted by atomic mass is 10.1. The standard InChI is InChI=1S/C16H13FN2S/c17-12-5-7-13(8-6-12)20-16-11(9-18)10-19-15-4-2-1-3-14(15)16/h1-8,10H,9,18H2. The van der Waals surface area contributed by atoms with Crippen molar-refractivity contribution in [2.75, 3.05) is 0 Å². The van der Waals surface area contributed by atoms with Gasteiger partial charge in [-0.05, 0) is 35.9 Å². The lowest BCUT2D eigenvalue weighted by molar-refractivity contribution is 0.626. The van der Waals surface area contributed by atoms with E-state index in [-0.39, 0.29) is 5.82 Å². The highest BCUT2D eigenvalue weighted by Gasteiger charge is 2.09. The fourth-order valence-electron chi connectivity index (χ4n) is 2.04. The number of halogens is 1. The molecule has 2 aromatic carbocycles. The number of nitrogens with zero attached hydrogens (tertiary/aromatic N) is 1. The van der Waals surface area contributed by atoms with Gasteiger partial charge in [0.1, 0.15) is 5.82 Å². The van der Waals surface area contributed by atoms with Crippen LogP contribution in [0.2, 0.25) is 0 Å². The van der Waals surface area contributed by atoms with Gasteiger partial charge >= 0.3 is 0 Å². The molecule has 2 nitrogen and oxygen atoms in total. The molecule has 0 saturated heterocycles. The number of fused-ring (bicyclic) bond motifs is 1. The zero-order chi connectivity index (χ0) is 13.9. The Morgan fingerprint density at radius 1 is 1.05 bits per heavy atom. The topological polar surface area (TPSA) is 38.9 Å². The number of aromatic nitrogens is 1. The Morgan fingerprint density at radius 2 is 1.80 bits per heavy atom. The van der Waals surface area contributed by atoms with E-state index < -0.39 is 0 Å². The first kappa shape index (κ1) is 13.1. The lowest BCUT2D eigenvalue weighted by Gasteiger charge is -2.10. The van der Waals surface area contributed by atoms with E-state index in [9.17, 15) is 4.39 Å². The highest BCUT2D eigenvalue weighted by atomic mass is 32.2. The molecule has 2 N–H and O–H groups in total. The Hall–Kier alpha value is -1.91. The maximum Gasteiger partial charge on any atom is 0.123 e. The summed E-state index contributed by atoms with van der Waals surface area (Å²) in [6.45, 7) is 0.432. The largest absolute Gasteiger partial charge is 0.326 e. The second kappa shape index (κ2) is 5.61. The number of nitrogens with two attached hydrogens (primary N) is 1. The lowest BCUT2D eigenvalue weighted by Crippen LogP contribution is -2.00. The monoisotopic (exact) mass is 284 g/mol. The minimum atomic E-state index is -0.229. The molecular weight excluding hydrogens is 271 g/mol. The van der Waals surface area contributed by atoms with Crippen molar-refractivity contribution in [3.05, 3.63) is 66.1 Å². The second-order valence-electron chi connectivity index (χ2n) is 4.39. The van der Waals surface area contributed by atoms with Gasteiger partial charge in [0.15, 0.2) is 0 Å². The minimum absolute atomic E-state index is 0.229. The fraction of sp³-hybridized carbons (Fsp3) is 0.0625. The van der Waals surface area contributed by atoms with Gasteiger partial charge in [-0.25, -0.2) is 4.39 Å². The van der Waals surface area contributed by atoms with Gasteiger partial charge in [-0.2, -0.15) is 0 Å². The van der Waals surface area contributed by atoms with E-state index in [1.165, 1.54) is 12.1 Å². The fourth-order valence-corrected chi connectivity index (χ4v) is 3.10. The molecule has 3 rings (SSSR count). The maximum absolute atomic E-state index is 13.0. The highest BCUT2D eigenvalue weighted by molar-refractivity contribution is 7.99. The van der Waals surface area contributed by atoms with Crippen LogP contribution in [0, 0.1) is 5.82 Å². The summed E-state index contributed by atoms with van der Waals surface area (Å²) in [6.07, 6.45) is 1.81. The molecule has 0 fully saturated rings. The van der Waals surface area contributed by atoms with E-state index in [1.54, 1.807) is 23.9 Å². The van der Waals surface area contributed by atoms with Crippen molar-refractivity contribution >= 4 is 22.7 Å². The van der Waals surface area contributed by atoms with Crippen molar-refractivity contribution < 1.29 is 4.39 Å². The number of rotatable bonds is 3. The number of hydrogen-bond donors (Lipinski definition) is 1. The smallest absolute Gasteiger partial charge is 0.123 e. The maximum atomic E-state index is 13.0. The summed E-state index contributed by atoms with van der Waals surface area (Å²) in [7, 11) is 0.